The van der Waals surface area contributed by atoms with Crippen molar-refractivity contribution in [3.05, 3.63) is 47.0 Å². The highest BCUT2D eigenvalue weighted by Gasteiger charge is 2.19. The second-order valence-corrected chi connectivity index (χ2v) is 4.30. The molecule has 18 heavy (non-hydrogen) atoms. The van der Waals surface area contributed by atoms with Gasteiger partial charge in [-0.25, -0.2) is 4.98 Å². The van der Waals surface area contributed by atoms with Crippen LogP contribution in [-0.2, 0) is 6.54 Å². The Morgan fingerprint density at radius 3 is 2.94 bits per heavy atom. The number of hydrogen-bond donors (Lipinski definition) is 1. The molecule has 1 N–H and O–H groups in total. The Hall–Kier alpha value is -1.52. The third kappa shape index (κ3) is 2.35. The molecule has 0 bridgehead atoms. The van der Waals surface area contributed by atoms with Gasteiger partial charge in [0.1, 0.15) is 17.7 Å². The predicted octanol–water partition coefficient (Wildman–Crippen LogP) is 2.65. The quantitative estimate of drug-likeness (QED) is 0.925. The van der Waals surface area contributed by atoms with Crippen LogP contribution in [-0.4, -0.2) is 21.8 Å². The highest BCUT2D eigenvalue weighted by atomic mass is 35.5. The molecule has 96 valence electrons. The SMILES string of the molecule is CCn1ccnc1C(O)c1cc(Cl)ccc1OC. The maximum atomic E-state index is 10.4. The van der Waals surface area contributed by atoms with Crippen LogP contribution in [0.1, 0.15) is 24.4 Å². The van der Waals surface area contributed by atoms with Gasteiger partial charge in [0.2, 0.25) is 0 Å². The Morgan fingerprint density at radius 1 is 1.50 bits per heavy atom. The third-order valence-electron chi connectivity index (χ3n) is 2.82. The molecule has 1 aromatic carbocycles. The van der Waals surface area contributed by atoms with Crippen molar-refractivity contribution in [2.24, 2.45) is 0 Å². The van der Waals surface area contributed by atoms with Crippen LogP contribution >= 0.6 is 11.6 Å². The average Bonchev–Trinajstić information content (AvgIpc) is 2.86. The van der Waals surface area contributed by atoms with Gasteiger partial charge in [0.15, 0.2) is 0 Å². The number of aliphatic hydroxyl groups is 1. The zero-order valence-corrected chi connectivity index (χ0v) is 11.1. The van der Waals surface area contributed by atoms with E-state index in [-0.39, 0.29) is 0 Å². The molecule has 0 aliphatic carbocycles. The first-order chi connectivity index (χ1) is 8.67. The van der Waals surface area contributed by atoms with E-state index in [1.165, 1.54) is 0 Å². The summed E-state index contributed by atoms with van der Waals surface area (Å²) in [6.07, 6.45) is 2.64. The molecule has 0 aliphatic heterocycles. The second-order valence-electron chi connectivity index (χ2n) is 3.86. The molecule has 0 saturated heterocycles. The van der Waals surface area contributed by atoms with Crippen molar-refractivity contribution in [3.8, 4) is 5.75 Å². The van der Waals surface area contributed by atoms with Crippen LogP contribution in [0.4, 0.5) is 0 Å². The van der Waals surface area contributed by atoms with Crippen molar-refractivity contribution < 1.29 is 9.84 Å². The number of hydrogen-bond acceptors (Lipinski definition) is 3. The maximum Gasteiger partial charge on any atom is 0.142 e. The highest BCUT2D eigenvalue weighted by molar-refractivity contribution is 6.30. The van der Waals surface area contributed by atoms with Gasteiger partial charge in [0.25, 0.3) is 0 Å². The topological polar surface area (TPSA) is 47.3 Å². The minimum atomic E-state index is -0.853. The highest BCUT2D eigenvalue weighted by Crippen LogP contribution is 2.31. The molecule has 4 nitrogen and oxygen atoms in total. The monoisotopic (exact) mass is 266 g/mol. The molecular weight excluding hydrogens is 252 g/mol. The number of aromatic nitrogens is 2. The number of ether oxygens (including phenoxy) is 1. The van der Waals surface area contributed by atoms with Crippen molar-refractivity contribution in [2.75, 3.05) is 7.11 Å². The van der Waals surface area contributed by atoms with Gasteiger partial charge in [-0.05, 0) is 25.1 Å². The molecule has 0 amide bonds. The number of imidazole rings is 1. The Bertz CT molecular complexity index is 540. The van der Waals surface area contributed by atoms with Crippen LogP contribution < -0.4 is 4.74 Å². The van der Waals surface area contributed by atoms with Gasteiger partial charge in [0, 0.05) is 29.5 Å². The molecule has 2 aromatic rings. The van der Waals surface area contributed by atoms with E-state index in [2.05, 4.69) is 4.98 Å². The number of aliphatic hydroxyl groups excluding tert-OH is 1. The van der Waals surface area contributed by atoms with E-state index in [0.29, 0.717) is 22.2 Å². The van der Waals surface area contributed by atoms with Gasteiger partial charge in [-0.15, -0.1) is 0 Å². The van der Waals surface area contributed by atoms with E-state index >= 15 is 0 Å². The molecule has 1 heterocycles. The Kier molecular flexibility index (Phi) is 3.89. The van der Waals surface area contributed by atoms with Gasteiger partial charge in [-0.2, -0.15) is 0 Å². The van der Waals surface area contributed by atoms with Crippen molar-refractivity contribution in [1.82, 2.24) is 9.55 Å². The normalized spacial score (nSPS) is 12.4. The lowest BCUT2D eigenvalue weighted by molar-refractivity contribution is 0.200. The molecular formula is C13H15ClN2O2. The molecule has 0 radical (unpaired) electrons. The Balaban J connectivity index is 2.45. The van der Waals surface area contributed by atoms with Gasteiger partial charge < -0.3 is 14.4 Å². The number of halogens is 1. The van der Waals surface area contributed by atoms with E-state index in [1.54, 1.807) is 31.5 Å². The summed E-state index contributed by atoms with van der Waals surface area (Å²) in [6, 6.07) is 5.16. The lowest BCUT2D eigenvalue weighted by Crippen LogP contribution is -2.10. The van der Waals surface area contributed by atoms with E-state index < -0.39 is 6.10 Å². The van der Waals surface area contributed by atoms with Crippen LogP contribution in [0.2, 0.25) is 5.02 Å². The Labute approximate surface area is 111 Å². The predicted molar refractivity (Wildman–Crippen MR) is 70.0 cm³/mol. The summed E-state index contributed by atoms with van der Waals surface area (Å²) in [5, 5.41) is 11.0. The minimum absolute atomic E-state index is 0.555. The molecule has 0 spiro atoms. The van der Waals surface area contributed by atoms with Crippen molar-refractivity contribution in [3.63, 3.8) is 0 Å². The number of methoxy groups -OCH3 is 1. The first kappa shape index (κ1) is 12.9. The maximum absolute atomic E-state index is 10.4. The zero-order valence-electron chi connectivity index (χ0n) is 10.3. The van der Waals surface area contributed by atoms with Gasteiger partial charge in [-0.1, -0.05) is 11.6 Å². The summed E-state index contributed by atoms with van der Waals surface area (Å²) in [5.41, 5.74) is 0.617. The van der Waals surface area contributed by atoms with Crippen LogP contribution in [0, 0.1) is 0 Å². The van der Waals surface area contributed by atoms with E-state index in [9.17, 15) is 5.11 Å². The van der Waals surface area contributed by atoms with Crippen molar-refractivity contribution >= 4 is 11.6 Å². The number of rotatable bonds is 4. The molecule has 0 aliphatic rings. The molecule has 5 heteroatoms. The van der Waals surface area contributed by atoms with Gasteiger partial charge >= 0.3 is 0 Å². The average molecular weight is 267 g/mol. The van der Waals surface area contributed by atoms with Crippen LogP contribution in [0.3, 0.4) is 0 Å². The fraction of sp³-hybridized carbons (Fsp3) is 0.308. The minimum Gasteiger partial charge on any atom is -0.496 e. The van der Waals surface area contributed by atoms with Crippen molar-refractivity contribution in [1.29, 1.82) is 0 Å². The van der Waals surface area contributed by atoms with Crippen molar-refractivity contribution in [2.45, 2.75) is 19.6 Å². The summed E-state index contributed by atoms with van der Waals surface area (Å²) in [5.74, 6) is 1.18. The van der Waals surface area contributed by atoms with Gasteiger partial charge in [0.05, 0.1) is 7.11 Å². The molecule has 1 unspecified atom stereocenters. The van der Waals surface area contributed by atoms with E-state index in [4.69, 9.17) is 16.3 Å². The summed E-state index contributed by atoms with van der Waals surface area (Å²) in [7, 11) is 1.56. The molecule has 0 fully saturated rings. The smallest absolute Gasteiger partial charge is 0.142 e. The lowest BCUT2D eigenvalue weighted by atomic mass is 10.1. The van der Waals surface area contributed by atoms with Crippen LogP contribution in [0.15, 0.2) is 30.6 Å². The summed E-state index contributed by atoms with van der Waals surface area (Å²) >= 11 is 5.96. The van der Waals surface area contributed by atoms with Crippen LogP contribution in [0.5, 0.6) is 5.75 Å². The third-order valence-corrected chi connectivity index (χ3v) is 3.05. The van der Waals surface area contributed by atoms with Gasteiger partial charge in [-0.3, -0.25) is 0 Å². The van der Waals surface area contributed by atoms with Crippen LogP contribution in [0.25, 0.3) is 0 Å². The first-order valence-corrected chi connectivity index (χ1v) is 6.07. The summed E-state index contributed by atoms with van der Waals surface area (Å²) in [4.78, 5) is 4.18. The largest absolute Gasteiger partial charge is 0.496 e. The summed E-state index contributed by atoms with van der Waals surface area (Å²) < 4.78 is 7.12. The first-order valence-electron chi connectivity index (χ1n) is 5.70. The molecule has 1 atom stereocenters. The number of benzene rings is 1. The number of aryl methyl sites for hydroxylation is 1. The fourth-order valence-electron chi connectivity index (χ4n) is 1.89. The zero-order chi connectivity index (χ0) is 13.1. The molecule has 0 saturated carbocycles. The standard InChI is InChI=1S/C13H15ClN2O2/c1-3-16-7-6-15-13(16)12(17)10-8-9(14)4-5-11(10)18-2/h4-8,12,17H,3H2,1-2H3. The van der Waals surface area contributed by atoms with E-state index in [0.717, 1.165) is 6.54 Å². The number of nitrogens with zero attached hydrogens (tertiary/aromatic N) is 2. The molecule has 2 rings (SSSR count). The second kappa shape index (κ2) is 5.42. The lowest BCUT2D eigenvalue weighted by Gasteiger charge is -2.15. The summed E-state index contributed by atoms with van der Waals surface area (Å²) in [6.45, 7) is 2.74. The van der Waals surface area contributed by atoms with E-state index in [1.807, 2.05) is 17.7 Å². The molecule has 1 aromatic heterocycles. The fourth-order valence-corrected chi connectivity index (χ4v) is 2.07. The Morgan fingerprint density at radius 2 is 2.28 bits per heavy atom.